The molecule has 12 rings (SSSR count). The molecule has 7 N–H and O–H groups in total. The molecule has 0 saturated carbocycles. The Kier molecular flexibility index (Phi) is 46.1. The predicted octanol–water partition coefficient (Wildman–Crippen LogP) is 20.3. The van der Waals surface area contributed by atoms with Crippen molar-refractivity contribution in [2.75, 3.05) is 33.8 Å². The second kappa shape index (κ2) is 54.9. The summed E-state index contributed by atoms with van der Waals surface area (Å²) >= 11 is 60.7. The van der Waals surface area contributed by atoms with Crippen LogP contribution in [-0.2, 0) is 85.7 Å². The maximum absolute atomic E-state index is 13.4. The molecule has 4 unspecified atom stereocenters. The third-order valence-electron chi connectivity index (χ3n) is 18.8. The second-order valence-electron chi connectivity index (χ2n) is 29.0. The molecule has 0 saturated heterocycles. The fourth-order valence-corrected chi connectivity index (χ4v) is 20.8. The molecule has 0 heterocycles. The first-order valence-corrected chi connectivity index (χ1v) is 54.0. The van der Waals surface area contributed by atoms with Crippen molar-refractivity contribution in [3.05, 3.63) is 383 Å². The topological polar surface area (TPSA) is 418 Å². The maximum Gasteiger partial charge on any atom is 0.340 e. The summed E-state index contributed by atoms with van der Waals surface area (Å²) in [6.07, 6.45) is 6.97. The van der Waals surface area contributed by atoms with Crippen LogP contribution in [-0.4, -0.2) is 138 Å². The van der Waals surface area contributed by atoms with E-state index in [1.165, 1.54) is 155 Å². The van der Waals surface area contributed by atoms with E-state index >= 15 is 0 Å². The van der Waals surface area contributed by atoms with E-state index in [-0.39, 0.29) is 157 Å². The number of carboxylic acids is 2. The lowest BCUT2D eigenvalue weighted by Crippen LogP contribution is -2.43. The zero-order valence-corrected chi connectivity index (χ0v) is 86.9. The second-order valence-corrected chi connectivity index (χ2v) is 45.0. The molecule has 0 fully saturated rings. The number of hydrogen-bond acceptors (Lipinski definition) is 19. The summed E-state index contributed by atoms with van der Waals surface area (Å²) in [5.41, 5.74) is 12.3. The number of rotatable bonds is 22. The highest BCUT2D eigenvalue weighted by molar-refractivity contribution is 7.91. The Labute approximate surface area is 878 Å². The fourth-order valence-electron chi connectivity index (χ4n) is 11.9. The molecule has 739 valence electrons. The number of benzene rings is 12. The van der Waals surface area contributed by atoms with E-state index in [1.54, 1.807) is 115 Å². The van der Waals surface area contributed by atoms with Crippen molar-refractivity contribution in [2.24, 2.45) is 0 Å². The van der Waals surface area contributed by atoms with Gasteiger partial charge < -0.3 is 54.3 Å². The molecule has 6 atom stereocenters. The normalized spacial score (nSPS) is 12.5. The van der Waals surface area contributed by atoms with E-state index in [0.717, 1.165) is 18.1 Å². The zero-order valence-electron chi connectivity index (χ0n) is 74.1. The predicted molar refractivity (Wildman–Crippen MR) is 563 cm³/mol. The van der Waals surface area contributed by atoms with E-state index in [2.05, 4.69) is 72.4 Å². The third-order valence-corrected chi connectivity index (χ3v) is 30.2. The Balaban J connectivity index is 0.000000330. The first-order chi connectivity index (χ1) is 66.4. The van der Waals surface area contributed by atoms with Crippen LogP contribution in [0.15, 0.2) is 271 Å². The monoisotopic (exact) mass is 2240 g/mol. The first-order valence-electron chi connectivity index (χ1n) is 39.9. The number of aliphatic carboxylic acids is 1. The highest BCUT2D eigenvalue weighted by Crippen LogP contribution is 2.45. The highest BCUT2D eigenvalue weighted by atomic mass is 35.5. The summed E-state index contributed by atoms with van der Waals surface area (Å²) in [5.74, 6) is 6.47. The molecule has 12 aromatic carbocycles. The zero-order chi connectivity index (χ0) is 104. The Hall–Kier alpha value is -11.6. The van der Waals surface area contributed by atoms with Gasteiger partial charge >= 0.3 is 59.3 Å². The summed E-state index contributed by atoms with van der Waals surface area (Å²) in [6, 6.07) is 64.1. The number of aromatic carboxylic acids is 1. The van der Waals surface area contributed by atoms with Crippen LogP contribution in [0, 0.1) is 58.7 Å². The Morgan fingerprint density at radius 2 is 0.650 bits per heavy atom. The average Bonchev–Trinajstić information content (AvgIpc) is 0.834. The largest absolute Gasteiger partial charge is 0.480 e. The van der Waals surface area contributed by atoms with Crippen LogP contribution in [0.1, 0.15) is 105 Å². The molecule has 43 heteroatoms. The number of amides is 2. The highest BCUT2D eigenvalue weighted by Gasteiger charge is 2.31. The molecular formula is C100H80BCl10N2O24P4S2. The molecule has 0 spiro atoms. The minimum Gasteiger partial charge on any atom is -0.480 e. The molecule has 143 heavy (non-hydrogen) atoms. The van der Waals surface area contributed by atoms with Gasteiger partial charge in [0.15, 0.2) is 19.7 Å². The molecule has 3 radical (unpaired) electrons. The van der Waals surface area contributed by atoms with Crippen LogP contribution < -0.4 is 31.9 Å². The van der Waals surface area contributed by atoms with E-state index in [1.807, 2.05) is 12.1 Å². The standard InChI is InChI=1S/C32H26Cl2NO7PS.C25H20Cl2NO7PS.C17H13Cl2O4P.C15H9Cl2O4P.C10H6Cl2O2.CH4.B.H2/c1-44(40,41)26-14-8-11-23(17-26)20-29(32(37)42-21-22-9-4-2-5-10-22)35-31(36)30-27(33)18-24(19-28(30)34)15-16-43(38,39)25-12-6-3-7-13-25;1-37(34,35)19-9-5-6-16(12-19)15-22(25(30)31)28-24(29)23-20(26)13-17(14-21(23)27)10-11-36(32,33)18-7-3-2-4-8-18;1-22-17(20)16-14(18)10-12(11-15(16)19)8-9-24(21,23-2)13-6-4-3-5-7-13;16-12-8-10(9-13(17)14(12)15(18)19)6-7-22(20,21)11-4-2-1-3-5-11;1-3-6-4-7(11)9(8(12)5-6)10(13)14-2;;;/h2-14,17-19,29H,20-21H2,1H3,(H,35,36)(H,38,39);2-9,12-14,22H,15H2,1H3,(H,28,29)(H,30,31)(H,32,33);3-7,10-11H,1-2H3;1-5,8-9H,(H,18,19)(H,20,21);1,4-5H,2H3;1H4;;1H/t29-;22-;;;;;;/m00....../s1/i;;;;;;;1+1. The van der Waals surface area contributed by atoms with E-state index in [4.69, 9.17) is 137 Å². The number of carbonyl (C=O) groups excluding carboxylic acids is 5. The molecule has 26 nitrogen and oxygen atoms in total. The van der Waals surface area contributed by atoms with Crippen molar-refractivity contribution in [1.29, 1.82) is 0 Å². The lowest BCUT2D eigenvalue weighted by atomic mass is 10.0. The number of carboxylic acid groups (broad SMARTS) is 2. The first kappa shape index (κ1) is 120. The van der Waals surface area contributed by atoms with Crippen LogP contribution in [0.25, 0.3) is 0 Å². The van der Waals surface area contributed by atoms with Crippen LogP contribution in [0.4, 0.5) is 0 Å². The van der Waals surface area contributed by atoms with Gasteiger partial charge in [-0.2, -0.15) is 0 Å². The Morgan fingerprint density at radius 1 is 0.378 bits per heavy atom. The molecule has 0 aliphatic carbocycles. The number of ether oxygens (including phenoxy) is 3. The average molecular weight is 2250 g/mol. The van der Waals surface area contributed by atoms with E-state index in [0.29, 0.717) is 27.6 Å². The van der Waals surface area contributed by atoms with Gasteiger partial charge in [-0.3, -0.25) is 27.8 Å². The number of halogens is 10. The van der Waals surface area contributed by atoms with Gasteiger partial charge in [0.1, 0.15) is 18.7 Å². The van der Waals surface area contributed by atoms with E-state index in [9.17, 15) is 88.4 Å². The van der Waals surface area contributed by atoms with Crippen LogP contribution in [0.3, 0.4) is 0 Å². The van der Waals surface area contributed by atoms with E-state index < -0.39 is 103 Å². The van der Waals surface area contributed by atoms with Crippen molar-refractivity contribution in [3.63, 3.8) is 0 Å². The van der Waals surface area contributed by atoms with Crippen LogP contribution in [0.2, 0.25) is 50.2 Å². The van der Waals surface area contributed by atoms with Gasteiger partial charge in [0.2, 0.25) is 0 Å². The molecular weight excluding hydrogens is 2170 g/mol. The molecule has 0 aromatic heterocycles. The number of esters is 3. The quantitative estimate of drug-likeness (QED) is 0.0109. The van der Waals surface area contributed by atoms with Gasteiger partial charge in [0.05, 0.1) is 102 Å². The van der Waals surface area contributed by atoms with Gasteiger partial charge in [0, 0.05) is 91.3 Å². The molecule has 0 aliphatic rings. The summed E-state index contributed by atoms with van der Waals surface area (Å²) in [4.78, 5) is 116. The lowest BCUT2D eigenvalue weighted by Gasteiger charge is -2.19. The van der Waals surface area contributed by atoms with Crippen molar-refractivity contribution in [3.8, 4) is 58.7 Å². The smallest absolute Gasteiger partial charge is 0.340 e. The van der Waals surface area contributed by atoms with Crippen LogP contribution >= 0.6 is 145 Å². The fraction of sp³-hybridized carbons (Fsp3) is 0.110. The van der Waals surface area contributed by atoms with Crippen molar-refractivity contribution in [1.82, 2.24) is 10.6 Å². The molecule has 2 amide bonds. The summed E-state index contributed by atoms with van der Waals surface area (Å²) in [6.45, 7) is -0.0536. The van der Waals surface area contributed by atoms with Gasteiger partial charge in [-0.1, -0.05) is 280 Å². The van der Waals surface area contributed by atoms with Crippen molar-refractivity contribution in [2.45, 2.75) is 48.7 Å². The minimum absolute atomic E-state index is 0. The van der Waals surface area contributed by atoms with Crippen molar-refractivity contribution >= 4 is 236 Å². The Morgan fingerprint density at radius 3 is 0.944 bits per heavy atom. The summed E-state index contributed by atoms with van der Waals surface area (Å²) in [5, 5.41) is 24.4. The van der Waals surface area contributed by atoms with Crippen molar-refractivity contribution < 1.29 is 114 Å². The number of hydrogen-bond donors (Lipinski definition) is 7. The van der Waals surface area contributed by atoms with Gasteiger partial charge in [0.25, 0.3) is 11.8 Å². The lowest BCUT2D eigenvalue weighted by molar-refractivity contribution is -0.147. The number of terminal acetylenes is 1. The number of methoxy groups -OCH3 is 2. The number of nitrogens with one attached hydrogen (secondary N) is 2. The summed E-state index contributed by atoms with van der Waals surface area (Å²) in [7, 11) is -18.3. The van der Waals surface area contributed by atoms with Gasteiger partial charge in [-0.15, -0.1) is 6.42 Å². The number of sulfone groups is 2. The number of carbonyl (C=O) groups is 7. The van der Waals surface area contributed by atoms with Gasteiger partial charge in [-0.25, -0.2) is 40.8 Å². The third kappa shape index (κ3) is 35.4. The molecule has 12 aromatic rings. The van der Waals surface area contributed by atoms with Crippen LogP contribution in [0.5, 0.6) is 0 Å². The SMILES string of the molecule is C.C#Cc1cc(Cl)c(C(=O)OC)c(Cl)c1.COC(=O)c1c(Cl)cc(C#CP(=O)(OC)c2ccccc2)cc1Cl.CS(=O)(=O)c1cccc(C[C@H](NC(=O)c2c(Cl)cc(C#CP(=O)(O)c3ccccc3)cc2Cl)C(=O)O)c1.CS(=O)(=O)c1cccc(C[C@H](NC(=O)c2c(Cl)cc(C#CP(=O)(O)c3ccccc3)cc2Cl)C(=O)OCc2ccccc2)c1.O=C(O)c1c(Cl)cc(C#CP(=O)(O)c2ccccc2)cc1Cl.[2HH].[B]. The minimum atomic E-state index is -3.99. The Bertz CT molecular complexity index is 7480. The van der Waals surface area contributed by atoms with Gasteiger partial charge in [-0.05, 0) is 173 Å². The maximum atomic E-state index is 13.4. The molecule has 0 bridgehead atoms. The molecule has 0 aliphatic heterocycles. The summed E-state index contributed by atoms with van der Waals surface area (Å²) < 4.78 is 118.